The summed E-state index contributed by atoms with van der Waals surface area (Å²) in [5, 5.41) is 3.07. The number of fused-ring (bicyclic) bond motifs is 1. The lowest BCUT2D eigenvalue weighted by Gasteiger charge is -2.33. The predicted octanol–water partition coefficient (Wildman–Crippen LogP) is 4.82. The first-order valence-electron chi connectivity index (χ1n) is 10.6. The van der Waals surface area contributed by atoms with E-state index in [-0.39, 0.29) is 17.9 Å². The molecule has 1 aliphatic rings. The number of piperidine rings is 1. The molecule has 2 aromatic carbocycles. The van der Waals surface area contributed by atoms with Crippen LogP contribution in [0.5, 0.6) is 0 Å². The van der Waals surface area contributed by atoms with Gasteiger partial charge in [0.25, 0.3) is 0 Å². The first-order chi connectivity index (χ1) is 14.8. The van der Waals surface area contributed by atoms with Crippen LogP contribution in [0.25, 0.3) is 22.4 Å². The number of aromatic nitrogens is 2. The van der Waals surface area contributed by atoms with Crippen molar-refractivity contribution in [1.82, 2.24) is 14.9 Å². The first kappa shape index (κ1) is 20.9. The van der Waals surface area contributed by atoms with Crippen molar-refractivity contribution in [1.29, 1.82) is 0 Å². The van der Waals surface area contributed by atoms with Crippen LogP contribution in [-0.4, -0.2) is 45.6 Å². The number of amides is 2. The number of H-pyrrole nitrogens is 1. The number of ether oxygens (including phenoxy) is 1. The lowest BCUT2D eigenvalue weighted by atomic mass is 9.96. The normalized spacial score (nSPS) is 15.1. The van der Waals surface area contributed by atoms with Crippen LogP contribution in [0, 0.1) is 5.92 Å². The van der Waals surface area contributed by atoms with E-state index in [1.807, 2.05) is 69.3 Å². The molecule has 4 rings (SSSR count). The van der Waals surface area contributed by atoms with Crippen molar-refractivity contribution < 1.29 is 14.3 Å². The van der Waals surface area contributed by atoms with E-state index in [0.717, 1.165) is 28.1 Å². The smallest absolute Gasteiger partial charge is 0.410 e. The summed E-state index contributed by atoms with van der Waals surface area (Å²) >= 11 is 0. The molecule has 0 saturated carbocycles. The first-order valence-corrected chi connectivity index (χ1v) is 10.6. The van der Waals surface area contributed by atoms with Gasteiger partial charge >= 0.3 is 6.09 Å². The van der Waals surface area contributed by atoms with Crippen LogP contribution < -0.4 is 5.32 Å². The molecule has 1 saturated heterocycles. The second-order valence-corrected chi connectivity index (χ2v) is 8.88. The number of nitrogens with zero attached hydrogens (tertiary/aromatic N) is 2. The van der Waals surface area contributed by atoms with E-state index in [0.29, 0.717) is 25.9 Å². The van der Waals surface area contributed by atoms with Gasteiger partial charge in [-0.15, -0.1) is 0 Å². The summed E-state index contributed by atoms with van der Waals surface area (Å²) in [5.41, 5.74) is 2.88. The van der Waals surface area contributed by atoms with Gasteiger partial charge < -0.3 is 19.9 Å². The average molecular weight is 421 g/mol. The highest BCUT2D eigenvalue weighted by molar-refractivity contribution is 5.97. The third-order valence-electron chi connectivity index (χ3n) is 5.35. The van der Waals surface area contributed by atoms with Crippen LogP contribution in [-0.2, 0) is 9.53 Å². The lowest BCUT2D eigenvalue weighted by Crippen LogP contribution is -2.43. The number of anilines is 1. The summed E-state index contributed by atoms with van der Waals surface area (Å²) in [7, 11) is 0. The number of hydrogen-bond donors (Lipinski definition) is 2. The van der Waals surface area contributed by atoms with Crippen molar-refractivity contribution >= 4 is 28.7 Å². The fourth-order valence-corrected chi connectivity index (χ4v) is 3.76. The molecule has 0 aliphatic carbocycles. The minimum absolute atomic E-state index is 0.0348. The molecule has 0 radical (unpaired) electrons. The fourth-order valence-electron chi connectivity index (χ4n) is 3.76. The average Bonchev–Trinajstić information content (AvgIpc) is 3.17. The van der Waals surface area contributed by atoms with Crippen molar-refractivity contribution in [2.75, 3.05) is 18.4 Å². The number of carbonyl (C=O) groups excluding carboxylic acids is 2. The zero-order valence-corrected chi connectivity index (χ0v) is 18.1. The monoisotopic (exact) mass is 420 g/mol. The maximum absolute atomic E-state index is 13.0. The van der Waals surface area contributed by atoms with Gasteiger partial charge in [0, 0.05) is 24.6 Å². The van der Waals surface area contributed by atoms with Crippen molar-refractivity contribution in [3.05, 3.63) is 48.5 Å². The zero-order chi connectivity index (χ0) is 22.0. The summed E-state index contributed by atoms with van der Waals surface area (Å²) in [4.78, 5) is 34.9. The summed E-state index contributed by atoms with van der Waals surface area (Å²) in [6.07, 6.45) is 0.900. The Morgan fingerprint density at radius 1 is 1.06 bits per heavy atom. The minimum Gasteiger partial charge on any atom is -0.444 e. The molecule has 0 unspecified atom stereocenters. The zero-order valence-electron chi connectivity index (χ0n) is 18.1. The summed E-state index contributed by atoms with van der Waals surface area (Å²) in [6.45, 7) is 6.58. The molecule has 0 bridgehead atoms. The summed E-state index contributed by atoms with van der Waals surface area (Å²) < 4.78 is 5.43. The SMILES string of the molecule is CC(C)(C)OC(=O)N1CCC(C(=O)Nc2ccccc2-c2nc3ccccc3[nH]2)CC1. The number of hydrogen-bond acceptors (Lipinski definition) is 4. The Morgan fingerprint density at radius 3 is 2.45 bits per heavy atom. The Kier molecular flexibility index (Phi) is 5.67. The Bertz CT molecular complexity index is 1060. The van der Waals surface area contributed by atoms with Crippen molar-refractivity contribution in [2.24, 2.45) is 5.92 Å². The van der Waals surface area contributed by atoms with E-state index in [1.54, 1.807) is 4.90 Å². The Balaban J connectivity index is 1.43. The Morgan fingerprint density at radius 2 is 1.74 bits per heavy atom. The second-order valence-electron chi connectivity index (χ2n) is 8.88. The summed E-state index contributed by atoms with van der Waals surface area (Å²) in [6, 6.07) is 15.5. The fraction of sp³-hybridized carbons (Fsp3) is 0.375. The van der Waals surface area contributed by atoms with Crippen LogP contribution >= 0.6 is 0 Å². The molecule has 31 heavy (non-hydrogen) atoms. The van der Waals surface area contributed by atoms with Crippen LogP contribution in [0.3, 0.4) is 0 Å². The molecule has 0 atom stereocenters. The van der Waals surface area contributed by atoms with Gasteiger partial charge in [0.05, 0.1) is 16.7 Å². The highest BCUT2D eigenvalue weighted by atomic mass is 16.6. The standard InChI is InChI=1S/C24H28N4O3/c1-24(2,3)31-23(30)28-14-12-16(13-15-28)22(29)27-18-9-5-4-8-17(18)21-25-19-10-6-7-11-20(19)26-21/h4-11,16H,12-15H2,1-3H3,(H,25,26)(H,27,29). The number of aromatic amines is 1. The molecule has 1 aromatic heterocycles. The second kappa shape index (κ2) is 8.41. The maximum atomic E-state index is 13.0. The molecule has 1 fully saturated rings. The molecule has 2 heterocycles. The van der Waals surface area contributed by atoms with E-state index in [9.17, 15) is 9.59 Å². The van der Waals surface area contributed by atoms with E-state index >= 15 is 0 Å². The molecule has 2 N–H and O–H groups in total. The van der Waals surface area contributed by atoms with Crippen LogP contribution in [0.15, 0.2) is 48.5 Å². The molecule has 1 aliphatic heterocycles. The number of imidazole rings is 1. The number of carbonyl (C=O) groups is 2. The molecule has 2 amide bonds. The van der Waals surface area contributed by atoms with E-state index < -0.39 is 5.60 Å². The molecule has 162 valence electrons. The predicted molar refractivity (Wildman–Crippen MR) is 121 cm³/mol. The van der Waals surface area contributed by atoms with E-state index in [1.165, 1.54) is 0 Å². The quantitative estimate of drug-likeness (QED) is 0.636. The van der Waals surface area contributed by atoms with Crippen LogP contribution in [0.1, 0.15) is 33.6 Å². The largest absolute Gasteiger partial charge is 0.444 e. The number of likely N-dealkylation sites (tertiary alicyclic amines) is 1. The third kappa shape index (κ3) is 4.87. The van der Waals surface area contributed by atoms with Gasteiger partial charge in [0.15, 0.2) is 0 Å². The topological polar surface area (TPSA) is 87.3 Å². The molecule has 3 aromatic rings. The van der Waals surface area contributed by atoms with Gasteiger partial charge in [-0.2, -0.15) is 0 Å². The van der Waals surface area contributed by atoms with Gasteiger partial charge in [-0.3, -0.25) is 4.79 Å². The van der Waals surface area contributed by atoms with Crippen LogP contribution in [0.4, 0.5) is 10.5 Å². The van der Waals surface area contributed by atoms with Crippen LogP contribution in [0.2, 0.25) is 0 Å². The minimum atomic E-state index is -0.522. The number of nitrogens with one attached hydrogen (secondary N) is 2. The number of rotatable bonds is 3. The molecular weight excluding hydrogens is 392 g/mol. The summed E-state index contributed by atoms with van der Waals surface area (Å²) in [5.74, 6) is 0.534. The van der Waals surface area contributed by atoms with E-state index in [2.05, 4.69) is 15.3 Å². The Hall–Kier alpha value is -3.35. The number of benzene rings is 2. The van der Waals surface area contributed by atoms with Crippen molar-refractivity contribution in [3.63, 3.8) is 0 Å². The van der Waals surface area contributed by atoms with Crippen molar-refractivity contribution in [3.8, 4) is 11.4 Å². The highest BCUT2D eigenvalue weighted by Crippen LogP contribution is 2.29. The third-order valence-corrected chi connectivity index (χ3v) is 5.35. The molecular formula is C24H28N4O3. The van der Waals surface area contributed by atoms with Gasteiger partial charge in [0.2, 0.25) is 5.91 Å². The van der Waals surface area contributed by atoms with Crippen molar-refractivity contribution in [2.45, 2.75) is 39.2 Å². The lowest BCUT2D eigenvalue weighted by molar-refractivity contribution is -0.121. The molecule has 7 nitrogen and oxygen atoms in total. The maximum Gasteiger partial charge on any atom is 0.410 e. The highest BCUT2D eigenvalue weighted by Gasteiger charge is 2.30. The number of para-hydroxylation sites is 3. The van der Waals surface area contributed by atoms with Gasteiger partial charge in [-0.1, -0.05) is 24.3 Å². The van der Waals surface area contributed by atoms with Gasteiger partial charge in [-0.05, 0) is 57.9 Å². The molecule has 7 heteroatoms. The molecule has 0 spiro atoms. The van der Waals surface area contributed by atoms with Gasteiger partial charge in [0.1, 0.15) is 11.4 Å². The van der Waals surface area contributed by atoms with E-state index in [4.69, 9.17) is 4.74 Å². The Labute approximate surface area is 181 Å². The van der Waals surface area contributed by atoms with Gasteiger partial charge in [-0.25, -0.2) is 9.78 Å².